The summed E-state index contributed by atoms with van der Waals surface area (Å²) in [6.07, 6.45) is 1.44. The molecule has 1 fully saturated rings. The third kappa shape index (κ3) is 5.64. The van der Waals surface area contributed by atoms with Gasteiger partial charge in [-0.25, -0.2) is 4.39 Å². The van der Waals surface area contributed by atoms with E-state index in [1.54, 1.807) is 0 Å². The van der Waals surface area contributed by atoms with E-state index in [4.69, 9.17) is 9.47 Å². The Balaban J connectivity index is 1.33. The minimum absolute atomic E-state index is 0.0174. The summed E-state index contributed by atoms with van der Waals surface area (Å²) in [7, 11) is 0. The first-order valence-corrected chi connectivity index (χ1v) is 10.9. The van der Waals surface area contributed by atoms with E-state index in [0.717, 1.165) is 41.0 Å². The molecule has 1 saturated heterocycles. The Hall–Kier alpha value is -3.40. The molecule has 0 bridgehead atoms. The number of nitrogens with one attached hydrogen (secondary N) is 2. The molecule has 0 aromatic heterocycles. The van der Waals surface area contributed by atoms with Gasteiger partial charge in [-0.2, -0.15) is 5.10 Å². The molecule has 10 heteroatoms. The topological polar surface area (TPSA) is 101 Å². The van der Waals surface area contributed by atoms with Crippen LogP contribution in [-0.4, -0.2) is 34.7 Å². The first-order chi connectivity index (χ1) is 15.5. The number of rotatable bonds is 6. The predicted octanol–water partition coefficient (Wildman–Crippen LogP) is 3.48. The lowest BCUT2D eigenvalue weighted by Crippen LogP contribution is -2.41. The normalized spacial score (nSPS) is 19.1. The van der Waals surface area contributed by atoms with Crippen LogP contribution in [0.1, 0.15) is 25.3 Å². The molecule has 1 unspecified atom stereocenters. The van der Waals surface area contributed by atoms with E-state index in [1.807, 2.05) is 25.1 Å². The Labute approximate surface area is 188 Å². The summed E-state index contributed by atoms with van der Waals surface area (Å²) in [4.78, 5) is 24.5. The molecule has 2 aliphatic heterocycles. The zero-order valence-corrected chi connectivity index (χ0v) is 18.1. The number of carbonyl (C=O) groups is 2. The SMILES string of the molecule is CC(CCc1ccc2c(c1)OCO2)=NN=C1NC(=O)CC(C(=O)Nc2ccc(F)cc2)S1. The van der Waals surface area contributed by atoms with Gasteiger partial charge in [0.15, 0.2) is 16.7 Å². The molecule has 0 saturated carbocycles. The minimum atomic E-state index is -0.656. The molecule has 166 valence electrons. The van der Waals surface area contributed by atoms with Crippen molar-refractivity contribution in [3.05, 3.63) is 53.8 Å². The second-order valence-corrected chi connectivity index (χ2v) is 8.47. The predicted molar refractivity (Wildman–Crippen MR) is 121 cm³/mol. The van der Waals surface area contributed by atoms with E-state index < -0.39 is 11.1 Å². The molecule has 2 amide bonds. The Morgan fingerprint density at radius 3 is 2.81 bits per heavy atom. The van der Waals surface area contributed by atoms with Gasteiger partial charge in [0.2, 0.25) is 18.6 Å². The molecule has 0 aliphatic carbocycles. The number of ether oxygens (including phenoxy) is 2. The number of nitrogens with zero attached hydrogens (tertiary/aromatic N) is 2. The molecule has 1 atom stereocenters. The number of halogens is 1. The summed E-state index contributed by atoms with van der Waals surface area (Å²) >= 11 is 1.13. The van der Waals surface area contributed by atoms with Crippen molar-refractivity contribution in [1.82, 2.24) is 5.32 Å². The molecular weight excluding hydrogens is 435 g/mol. The van der Waals surface area contributed by atoms with Crippen molar-refractivity contribution in [2.24, 2.45) is 10.2 Å². The summed E-state index contributed by atoms with van der Waals surface area (Å²) in [5.74, 6) is 0.426. The number of fused-ring (bicyclic) bond motifs is 1. The Morgan fingerprint density at radius 2 is 2.00 bits per heavy atom. The van der Waals surface area contributed by atoms with Crippen molar-refractivity contribution in [3.8, 4) is 11.5 Å². The molecule has 32 heavy (non-hydrogen) atoms. The quantitative estimate of drug-likeness (QED) is 0.512. The Kier molecular flexibility index (Phi) is 6.69. The molecule has 0 spiro atoms. The minimum Gasteiger partial charge on any atom is -0.454 e. The third-order valence-electron chi connectivity index (χ3n) is 4.80. The van der Waals surface area contributed by atoms with Crippen molar-refractivity contribution in [1.29, 1.82) is 0 Å². The maximum Gasteiger partial charge on any atom is 0.238 e. The van der Waals surface area contributed by atoms with Crippen molar-refractivity contribution in [2.75, 3.05) is 12.1 Å². The van der Waals surface area contributed by atoms with Gasteiger partial charge in [0, 0.05) is 17.8 Å². The monoisotopic (exact) mass is 456 g/mol. The smallest absolute Gasteiger partial charge is 0.238 e. The van der Waals surface area contributed by atoms with Crippen molar-refractivity contribution >= 4 is 40.1 Å². The maximum atomic E-state index is 13.0. The Morgan fingerprint density at radius 1 is 1.22 bits per heavy atom. The fraction of sp³-hybridized carbons (Fsp3) is 0.273. The lowest BCUT2D eigenvalue weighted by Gasteiger charge is -2.21. The number of benzene rings is 2. The van der Waals surface area contributed by atoms with Crippen molar-refractivity contribution in [3.63, 3.8) is 0 Å². The first-order valence-electron chi connectivity index (χ1n) is 9.99. The van der Waals surface area contributed by atoms with Gasteiger partial charge in [0.1, 0.15) is 11.1 Å². The number of carbonyl (C=O) groups excluding carboxylic acids is 2. The fourth-order valence-electron chi connectivity index (χ4n) is 3.10. The van der Waals surface area contributed by atoms with Gasteiger partial charge >= 0.3 is 0 Å². The highest BCUT2D eigenvalue weighted by Gasteiger charge is 2.30. The molecule has 2 N–H and O–H groups in total. The Bertz CT molecular complexity index is 1090. The zero-order chi connectivity index (χ0) is 22.5. The zero-order valence-electron chi connectivity index (χ0n) is 17.3. The fourth-order valence-corrected chi connectivity index (χ4v) is 4.03. The molecular formula is C22H21FN4O4S. The van der Waals surface area contributed by atoms with Gasteiger partial charge in [-0.1, -0.05) is 17.8 Å². The van der Waals surface area contributed by atoms with Gasteiger partial charge in [-0.05, 0) is 61.7 Å². The second kappa shape index (κ2) is 9.82. The van der Waals surface area contributed by atoms with Crippen LogP contribution in [0.2, 0.25) is 0 Å². The summed E-state index contributed by atoms with van der Waals surface area (Å²) in [5.41, 5.74) is 2.33. The molecule has 2 heterocycles. The average Bonchev–Trinajstić information content (AvgIpc) is 3.25. The number of amides is 2. The molecule has 4 rings (SSSR count). The van der Waals surface area contributed by atoms with Crippen LogP contribution in [-0.2, 0) is 16.0 Å². The maximum absolute atomic E-state index is 13.0. The number of hydrogen-bond donors (Lipinski definition) is 2. The van der Waals surface area contributed by atoms with Crippen LogP contribution in [0.25, 0.3) is 0 Å². The van der Waals surface area contributed by atoms with Gasteiger partial charge < -0.3 is 20.1 Å². The van der Waals surface area contributed by atoms with E-state index in [-0.39, 0.29) is 30.2 Å². The standard InChI is InChI=1S/C22H21FN4O4S/c1-13(2-3-14-4-9-17-18(10-14)31-12-30-17)26-27-22-25-20(28)11-19(32-22)21(29)24-16-7-5-15(23)6-8-16/h4-10,19H,2-3,11-12H2,1H3,(H,24,29)(H,25,27,28). The largest absolute Gasteiger partial charge is 0.454 e. The number of amidine groups is 1. The lowest BCUT2D eigenvalue weighted by atomic mass is 10.1. The highest BCUT2D eigenvalue weighted by Crippen LogP contribution is 2.32. The van der Waals surface area contributed by atoms with E-state index in [2.05, 4.69) is 20.8 Å². The first kappa shape index (κ1) is 21.8. The molecule has 2 aromatic rings. The highest BCUT2D eigenvalue weighted by atomic mass is 32.2. The van der Waals surface area contributed by atoms with Gasteiger partial charge in [0.05, 0.1) is 0 Å². The lowest BCUT2D eigenvalue weighted by molar-refractivity contribution is -0.123. The van der Waals surface area contributed by atoms with Crippen LogP contribution in [0.4, 0.5) is 10.1 Å². The molecule has 0 radical (unpaired) electrons. The second-order valence-electron chi connectivity index (χ2n) is 7.28. The summed E-state index contributed by atoms with van der Waals surface area (Å²) in [6, 6.07) is 11.2. The average molecular weight is 456 g/mol. The van der Waals surface area contributed by atoms with Crippen molar-refractivity contribution in [2.45, 2.75) is 31.4 Å². The van der Waals surface area contributed by atoms with Crippen molar-refractivity contribution < 1.29 is 23.5 Å². The number of aryl methyl sites for hydroxylation is 1. The molecule has 2 aliphatic rings. The van der Waals surface area contributed by atoms with Gasteiger partial charge in [-0.15, -0.1) is 5.10 Å². The number of hydrogen-bond acceptors (Lipinski definition) is 7. The highest BCUT2D eigenvalue weighted by molar-refractivity contribution is 8.15. The van der Waals surface area contributed by atoms with Gasteiger partial charge in [-0.3, -0.25) is 9.59 Å². The molecule has 2 aromatic carbocycles. The van der Waals surface area contributed by atoms with E-state index >= 15 is 0 Å². The van der Waals surface area contributed by atoms with E-state index in [0.29, 0.717) is 12.1 Å². The third-order valence-corrected chi connectivity index (χ3v) is 5.87. The summed E-state index contributed by atoms with van der Waals surface area (Å²) in [5, 5.41) is 13.2. The van der Waals surface area contributed by atoms with Crippen LogP contribution in [0.3, 0.4) is 0 Å². The number of thioether (sulfide) groups is 1. The van der Waals surface area contributed by atoms with Crippen LogP contribution in [0.15, 0.2) is 52.7 Å². The van der Waals surface area contributed by atoms with Gasteiger partial charge in [0.25, 0.3) is 0 Å². The van der Waals surface area contributed by atoms with E-state index in [9.17, 15) is 14.0 Å². The summed E-state index contributed by atoms with van der Waals surface area (Å²) in [6.45, 7) is 2.09. The van der Waals surface area contributed by atoms with Crippen LogP contribution in [0.5, 0.6) is 11.5 Å². The van der Waals surface area contributed by atoms with E-state index in [1.165, 1.54) is 24.3 Å². The summed E-state index contributed by atoms with van der Waals surface area (Å²) < 4.78 is 23.7. The van der Waals surface area contributed by atoms with Crippen LogP contribution < -0.4 is 20.1 Å². The molecule has 8 nitrogen and oxygen atoms in total. The van der Waals surface area contributed by atoms with Crippen LogP contribution >= 0.6 is 11.8 Å². The number of anilines is 1. The van der Waals surface area contributed by atoms with Crippen LogP contribution in [0, 0.1) is 5.82 Å².